The molecule has 1 unspecified atom stereocenters. The van der Waals surface area contributed by atoms with Crippen molar-refractivity contribution in [3.05, 3.63) is 0 Å². The van der Waals surface area contributed by atoms with Gasteiger partial charge in [0.05, 0.1) is 0 Å². The number of urea groups is 1. The Morgan fingerprint density at radius 1 is 1.04 bits per heavy atom. The van der Waals surface area contributed by atoms with Gasteiger partial charge in [0.2, 0.25) is 5.91 Å². The minimum Gasteiger partial charge on any atom is -0.350 e. The highest BCUT2D eigenvalue weighted by molar-refractivity contribution is 5.95. The molecule has 0 rings (SSSR count). The number of nitrogens with zero attached hydrogens (tertiary/aromatic N) is 1. The highest BCUT2D eigenvalue weighted by atomic mass is 16.5. The van der Waals surface area contributed by atoms with Crippen LogP contribution in [0.4, 0.5) is 4.79 Å². The summed E-state index contributed by atoms with van der Waals surface area (Å²) < 4.78 is 0. The quantitative estimate of drug-likeness (QED) is 0.502. The fourth-order valence-corrected chi connectivity index (χ4v) is 2.18. The van der Waals surface area contributed by atoms with Crippen molar-refractivity contribution in [1.29, 1.82) is 0 Å². The van der Waals surface area contributed by atoms with Crippen LogP contribution in [0.3, 0.4) is 0 Å². The fraction of sp³-hybridized carbons (Fsp3) is 0.833. The summed E-state index contributed by atoms with van der Waals surface area (Å²) in [6.45, 7) is 15.0. The van der Waals surface area contributed by atoms with Crippen molar-refractivity contribution in [2.75, 3.05) is 0 Å². The van der Waals surface area contributed by atoms with Crippen LogP contribution in [0.1, 0.15) is 74.7 Å². The van der Waals surface area contributed by atoms with E-state index < -0.39 is 28.9 Å². The van der Waals surface area contributed by atoms with E-state index in [1.165, 1.54) is 0 Å². The zero-order valence-electron chi connectivity index (χ0n) is 16.9. The van der Waals surface area contributed by atoms with Crippen molar-refractivity contribution in [2.24, 2.45) is 11.3 Å². The summed E-state index contributed by atoms with van der Waals surface area (Å²) in [5.41, 5.74) is -1.05. The standard InChI is InChI=1S/C18H35N3O4/c1-12(2)10-9-11-13(22)21(25)16(24)19-14(17(3,4)5)15(23)20-18(6,7)8/h12,14,25H,9-11H2,1-8H3,(H,19,24)(H,20,23). The van der Waals surface area contributed by atoms with Crippen LogP contribution in [0, 0.1) is 11.3 Å². The van der Waals surface area contributed by atoms with E-state index in [1.807, 2.05) is 34.6 Å². The molecule has 0 heterocycles. The van der Waals surface area contributed by atoms with Crippen LogP contribution >= 0.6 is 0 Å². The maximum Gasteiger partial charge on any atom is 0.349 e. The summed E-state index contributed by atoms with van der Waals surface area (Å²) in [6.07, 6.45) is 1.50. The van der Waals surface area contributed by atoms with Crippen molar-refractivity contribution in [1.82, 2.24) is 15.7 Å². The molecule has 0 aliphatic heterocycles. The zero-order valence-corrected chi connectivity index (χ0v) is 16.9. The van der Waals surface area contributed by atoms with Crippen molar-refractivity contribution in [2.45, 2.75) is 86.2 Å². The van der Waals surface area contributed by atoms with Crippen LogP contribution in [-0.2, 0) is 9.59 Å². The molecule has 0 radical (unpaired) electrons. The van der Waals surface area contributed by atoms with Crippen molar-refractivity contribution < 1.29 is 19.6 Å². The van der Waals surface area contributed by atoms with Crippen molar-refractivity contribution in [3.63, 3.8) is 0 Å². The normalized spacial score (nSPS) is 13.4. The number of rotatable bonds is 6. The molecule has 0 aliphatic carbocycles. The van der Waals surface area contributed by atoms with Crippen LogP contribution in [0.5, 0.6) is 0 Å². The molecule has 7 heteroatoms. The molecule has 4 amide bonds. The largest absolute Gasteiger partial charge is 0.350 e. The predicted molar refractivity (Wildman–Crippen MR) is 97.0 cm³/mol. The van der Waals surface area contributed by atoms with Gasteiger partial charge in [-0.15, -0.1) is 5.06 Å². The Morgan fingerprint density at radius 3 is 1.96 bits per heavy atom. The summed E-state index contributed by atoms with van der Waals surface area (Å²) in [5.74, 6) is -0.601. The molecule has 1 atom stereocenters. The first-order chi connectivity index (χ1) is 11.1. The van der Waals surface area contributed by atoms with Gasteiger partial charge in [-0.3, -0.25) is 14.8 Å². The molecular formula is C18H35N3O4. The highest BCUT2D eigenvalue weighted by Gasteiger charge is 2.36. The number of carbonyl (C=O) groups is 3. The maximum atomic E-state index is 12.5. The molecule has 0 spiro atoms. The summed E-state index contributed by atoms with van der Waals surface area (Å²) in [6, 6.07) is -1.88. The third-order valence-electron chi connectivity index (χ3n) is 3.49. The SMILES string of the molecule is CC(C)CCCC(=O)N(O)C(=O)NC(C(=O)NC(C)(C)C)C(C)(C)C. The number of carbonyl (C=O) groups excluding carboxylic acids is 3. The molecule has 146 valence electrons. The van der Waals surface area contributed by atoms with Gasteiger partial charge in [0, 0.05) is 12.0 Å². The van der Waals surface area contributed by atoms with Gasteiger partial charge in [0.1, 0.15) is 6.04 Å². The van der Waals surface area contributed by atoms with E-state index in [9.17, 15) is 19.6 Å². The van der Waals surface area contributed by atoms with Crippen LogP contribution in [0.15, 0.2) is 0 Å². The zero-order chi connectivity index (χ0) is 20.0. The molecule has 7 nitrogen and oxygen atoms in total. The molecule has 0 bridgehead atoms. The smallest absolute Gasteiger partial charge is 0.349 e. The lowest BCUT2D eigenvalue weighted by atomic mass is 9.85. The van der Waals surface area contributed by atoms with E-state index in [4.69, 9.17) is 0 Å². The lowest BCUT2D eigenvalue weighted by Gasteiger charge is -2.33. The molecule has 0 aromatic carbocycles. The first kappa shape index (κ1) is 23.4. The topological polar surface area (TPSA) is 98.7 Å². The van der Waals surface area contributed by atoms with E-state index in [0.717, 1.165) is 6.42 Å². The van der Waals surface area contributed by atoms with Gasteiger partial charge in [0.15, 0.2) is 0 Å². The van der Waals surface area contributed by atoms with E-state index >= 15 is 0 Å². The van der Waals surface area contributed by atoms with Gasteiger partial charge in [-0.05, 0) is 38.5 Å². The monoisotopic (exact) mass is 357 g/mol. The summed E-state index contributed by atoms with van der Waals surface area (Å²) in [7, 11) is 0. The van der Waals surface area contributed by atoms with E-state index in [0.29, 0.717) is 12.3 Å². The lowest BCUT2D eigenvalue weighted by molar-refractivity contribution is -0.153. The van der Waals surface area contributed by atoms with Crippen molar-refractivity contribution in [3.8, 4) is 0 Å². The summed E-state index contributed by atoms with van der Waals surface area (Å²) in [4.78, 5) is 36.6. The van der Waals surface area contributed by atoms with E-state index in [1.54, 1.807) is 20.8 Å². The molecule has 0 aromatic heterocycles. The van der Waals surface area contributed by atoms with Gasteiger partial charge in [-0.25, -0.2) is 4.79 Å². The second-order valence-electron chi connectivity index (χ2n) is 8.98. The van der Waals surface area contributed by atoms with Gasteiger partial charge in [0.25, 0.3) is 5.91 Å². The van der Waals surface area contributed by atoms with E-state index in [-0.39, 0.29) is 17.4 Å². The lowest BCUT2D eigenvalue weighted by Crippen LogP contribution is -2.59. The number of hydrogen-bond acceptors (Lipinski definition) is 4. The van der Waals surface area contributed by atoms with Crippen LogP contribution < -0.4 is 10.6 Å². The second kappa shape index (κ2) is 9.17. The van der Waals surface area contributed by atoms with Gasteiger partial charge < -0.3 is 10.6 Å². The third kappa shape index (κ3) is 9.43. The molecule has 25 heavy (non-hydrogen) atoms. The van der Waals surface area contributed by atoms with Gasteiger partial charge in [-0.1, -0.05) is 41.0 Å². The predicted octanol–water partition coefficient (Wildman–Crippen LogP) is 3.07. The van der Waals surface area contributed by atoms with E-state index in [2.05, 4.69) is 10.6 Å². The summed E-state index contributed by atoms with van der Waals surface area (Å²) in [5, 5.41) is 15.2. The molecule has 0 saturated heterocycles. The average molecular weight is 357 g/mol. The molecular weight excluding hydrogens is 322 g/mol. The number of imide groups is 1. The molecule has 0 fully saturated rings. The maximum absolute atomic E-state index is 12.5. The Balaban J connectivity index is 4.92. The van der Waals surface area contributed by atoms with Crippen LogP contribution in [0.25, 0.3) is 0 Å². The number of hydrogen-bond donors (Lipinski definition) is 3. The Bertz CT molecular complexity index is 476. The van der Waals surface area contributed by atoms with Crippen LogP contribution in [-0.4, -0.2) is 39.7 Å². The molecule has 3 N–H and O–H groups in total. The first-order valence-corrected chi connectivity index (χ1v) is 8.79. The minimum absolute atomic E-state index is 0.0729. The highest BCUT2D eigenvalue weighted by Crippen LogP contribution is 2.20. The van der Waals surface area contributed by atoms with Crippen molar-refractivity contribution >= 4 is 17.8 Å². The van der Waals surface area contributed by atoms with Gasteiger partial charge >= 0.3 is 6.03 Å². The van der Waals surface area contributed by atoms with Gasteiger partial charge in [-0.2, -0.15) is 0 Å². The fourth-order valence-electron chi connectivity index (χ4n) is 2.18. The molecule has 0 saturated carbocycles. The molecule has 0 aliphatic rings. The molecule has 0 aromatic rings. The number of nitrogens with one attached hydrogen (secondary N) is 2. The number of hydroxylamine groups is 2. The third-order valence-corrected chi connectivity index (χ3v) is 3.49. The Labute approximate surface area is 151 Å². The summed E-state index contributed by atoms with van der Waals surface area (Å²) >= 11 is 0. The minimum atomic E-state index is -0.987. The first-order valence-electron chi connectivity index (χ1n) is 8.79. The van der Waals surface area contributed by atoms with Crippen LogP contribution in [0.2, 0.25) is 0 Å². The Kier molecular flexibility index (Phi) is 8.58. The Morgan fingerprint density at radius 2 is 1.56 bits per heavy atom. The second-order valence-corrected chi connectivity index (χ2v) is 8.98. The average Bonchev–Trinajstić information content (AvgIpc) is 2.39. The number of amides is 4. The Hall–Kier alpha value is -1.63.